The van der Waals surface area contributed by atoms with Gasteiger partial charge in [-0.1, -0.05) is 0 Å². The highest BCUT2D eigenvalue weighted by molar-refractivity contribution is 5.76. The molecule has 0 aliphatic heterocycles. The molecule has 0 radical (unpaired) electrons. The Morgan fingerprint density at radius 1 is 1.18 bits per heavy atom. The molecule has 0 spiro atoms. The molecule has 17 heavy (non-hydrogen) atoms. The second-order valence-electron chi connectivity index (χ2n) is 5.00. The summed E-state index contributed by atoms with van der Waals surface area (Å²) in [6.45, 7) is 8.64. The number of nitrogens with one attached hydrogen (secondary N) is 2. The maximum Gasteiger partial charge on any atom is 0.245 e. The number of unbranched alkanes of at least 4 members (excludes halogenated alkanes) is 1. The second kappa shape index (κ2) is 9.39. The zero-order chi connectivity index (χ0) is 13.1. The number of carbonyl (C=O) groups excluding carboxylic acids is 1. The summed E-state index contributed by atoms with van der Waals surface area (Å²) in [5, 5.41) is 14.4. The Morgan fingerprint density at radius 2 is 1.88 bits per heavy atom. The highest BCUT2D eigenvalue weighted by atomic mass is 16.5. The first-order chi connectivity index (χ1) is 7.95. The van der Waals surface area contributed by atoms with Crippen molar-refractivity contribution >= 4 is 5.91 Å². The number of hydrogen-bond acceptors (Lipinski definition) is 4. The third-order valence-corrected chi connectivity index (χ3v) is 2.08. The SMILES string of the molecule is CC(C)(C)NCCCCOCCNC(=O)CO. The van der Waals surface area contributed by atoms with Gasteiger partial charge in [0.25, 0.3) is 0 Å². The predicted molar refractivity (Wildman–Crippen MR) is 67.9 cm³/mol. The molecule has 0 fully saturated rings. The Morgan fingerprint density at radius 3 is 2.47 bits per heavy atom. The fourth-order valence-corrected chi connectivity index (χ4v) is 1.21. The second-order valence-corrected chi connectivity index (χ2v) is 5.00. The van der Waals surface area contributed by atoms with Gasteiger partial charge in [0.05, 0.1) is 6.61 Å². The van der Waals surface area contributed by atoms with Crippen LogP contribution in [-0.4, -0.2) is 49.5 Å². The normalized spacial score (nSPS) is 11.5. The van der Waals surface area contributed by atoms with Crippen LogP contribution in [0.3, 0.4) is 0 Å². The molecule has 0 unspecified atom stereocenters. The molecule has 0 rings (SSSR count). The number of aliphatic hydroxyl groups is 1. The van der Waals surface area contributed by atoms with Crippen molar-refractivity contribution in [2.24, 2.45) is 0 Å². The fourth-order valence-electron chi connectivity index (χ4n) is 1.21. The Balaban J connectivity index is 3.12. The van der Waals surface area contributed by atoms with Crippen LogP contribution < -0.4 is 10.6 Å². The van der Waals surface area contributed by atoms with E-state index in [1.165, 1.54) is 0 Å². The molecule has 0 atom stereocenters. The summed E-state index contributed by atoms with van der Waals surface area (Å²) in [5.74, 6) is -0.358. The quantitative estimate of drug-likeness (QED) is 0.511. The first-order valence-electron chi connectivity index (χ1n) is 6.16. The predicted octanol–water partition coefficient (Wildman–Crippen LogP) is 0.280. The van der Waals surface area contributed by atoms with Crippen molar-refractivity contribution in [2.75, 3.05) is 32.9 Å². The van der Waals surface area contributed by atoms with E-state index in [-0.39, 0.29) is 11.4 Å². The molecule has 0 aliphatic rings. The molecule has 0 saturated carbocycles. The van der Waals surface area contributed by atoms with Crippen molar-refractivity contribution in [2.45, 2.75) is 39.2 Å². The number of aliphatic hydroxyl groups excluding tert-OH is 1. The van der Waals surface area contributed by atoms with Crippen LogP contribution in [0, 0.1) is 0 Å². The van der Waals surface area contributed by atoms with Gasteiger partial charge in [0.15, 0.2) is 0 Å². The van der Waals surface area contributed by atoms with Gasteiger partial charge < -0.3 is 20.5 Å². The summed E-state index contributed by atoms with van der Waals surface area (Å²) in [6.07, 6.45) is 2.09. The van der Waals surface area contributed by atoms with Crippen LogP contribution in [0.4, 0.5) is 0 Å². The maximum absolute atomic E-state index is 10.7. The van der Waals surface area contributed by atoms with Crippen LogP contribution in [0.25, 0.3) is 0 Å². The lowest BCUT2D eigenvalue weighted by Gasteiger charge is -2.20. The summed E-state index contributed by atoms with van der Waals surface area (Å²) < 4.78 is 5.34. The van der Waals surface area contributed by atoms with E-state index < -0.39 is 6.61 Å². The van der Waals surface area contributed by atoms with Crippen molar-refractivity contribution in [3.05, 3.63) is 0 Å². The standard InChI is InChI=1S/C12H26N2O3/c1-12(2,3)14-6-4-5-8-17-9-7-13-11(16)10-15/h14-15H,4-10H2,1-3H3,(H,13,16). The van der Waals surface area contributed by atoms with E-state index in [1.807, 2.05) is 0 Å². The fraction of sp³-hybridized carbons (Fsp3) is 0.917. The molecule has 0 bridgehead atoms. The van der Waals surface area contributed by atoms with Gasteiger partial charge in [0.2, 0.25) is 5.91 Å². The zero-order valence-electron chi connectivity index (χ0n) is 11.2. The number of amides is 1. The van der Waals surface area contributed by atoms with Crippen LogP contribution in [-0.2, 0) is 9.53 Å². The molecule has 5 nitrogen and oxygen atoms in total. The van der Waals surface area contributed by atoms with Gasteiger partial charge in [0, 0.05) is 18.7 Å². The lowest BCUT2D eigenvalue weighted by atomic mass is 10.1. The zero-order valence-corrected chi connectivity index (χ0v) is 11.2. The van der Waals surface area contributed by atoms with Gasteiger partial charge in [-0.2, -0.15) is 0 Å². The molecule has 0 aromatic rings. The summed E-state index contributed by atoms with van der Waals surface area (Å²) in [6, 6.07) is 0. The molecule has 0 saturated heterocycles. The summed E-state index contributed by atoms with van der Waals surface area (Å²) in [4.78, 5) is 10.7. The van der Waals surface area contributed by atoms with E-state index in [1.54, 1.807) is 0 Å². The Hall–Kier alpha value is -0.650. The first kappa shape index (κ1) is 16.4. The van der Waals surface area contributed by atoms with Gasteiger partial charge in [-0.05, 0) is 40.2 Å². The topological polar surface area (TPSA) is 70.6 Å². The largest absolute Gasteiger partial charge is 0.387 e. The molecule has 0 heterocycles. The van der Waals surface area contributed by atoms with Crippen LogP contribution in [0.1, 0.15) is 33.6 Å². The van der Waals surface area contributed by atoms with Crippen molar-refractivity contribution in [1.82, 2.24) is 10.6 Å². The van der Waals surface area contributed by atoms with Crippen LogP contribution in [0.2, 0.25) is 0 Å². The van der Waals surface area contributed by atoms with Gasteiger partial charge in [-0.15, -0.1) is 0 Å². The van der Waals surface area contributed by atoms with Crippen LogP contribution >= 0.6 is 0 Å². The smallest absolute Gasteiger partial charge is 0.245 e. The molecule has 0 aliphatic carbocycles. The van der Waals surface area contributed by atoms with Gasteiger partial charge in [-0.25, -0.2) is 0 Å². The van der Waals surface area contributed by atoms with E-state index in [0.717, 1.165) is 19.4 Å². The lowest BCUT2D eigenvalue weighted by Crippen LogP contribution is -2.36. The number of rotatable bonds is 9. The van der Waals surface area contributed by atoms with Gasteiger partial charge in [0.1, 0.15) is 6.61 Å². The molecule has 0 aromatic heterocycles. The molecular formula is C12H26N2O3. The van der Waals surface area contributed by atoms with Crippen molar-refractivity contribution < 1.29 is 14.6 Å². The summed E-state index contributed by atoms with van der Waals surface area (Å²) in [5.41, 5.74) is 0.176. The minimum atomic E-state index is -0.460. The van der Waals surface area contributed by atoms with E-state index in [0.29, 0.717) is 19.8 Å². The molecule has 102 valence electrons. The lowest BCUT2D eigenvalue weighted by molar-refractivity contribution is -0.124. The third kappa shape index (κ3) is 13.3. The molecule has 1 amide bonds. The molecule has 0 aromatic carbocycles. The van der Waals surface area contributed by atoms with Gasteiger partial charge >= 0.3 is 0 Å². The molecule has 5 heteroatoms. The number of carbonyl (C=O) groups is 1. The Labute approximate surface area is 104 Å². The third-order valence-electron chi connectivity index (χ3n) is 2.08. The minimum Gasteiger partial charge on any atom is -0.387 e. The van der Waals surface area contributed by atoms with E-state index in [9.17, 15) is 4.79 Å². The van der Waals surface area contributed by atoms with Crippen molar-refractivity contribution in [3.63, 3.8) is 0 Å². The first-order valence-corrected chi connectivity index (χ1v) is 6.16. The number of ether oxygens (including phenoxy) is 1. The van der Waals surface area contributed by atoms with E-state index >= 15 is 0 Å². The van der Waals surface area contributed by atoms with Crippen molar-refractivity contribution in [1.29, 1.82) is 0 Å². The van der Waals surface area contributed by atoms with Crippen molar-refractivity contribution in [3.8, 4) is 0 Å². The maximum atomic E-state index is 10.7. The highest BCUT2D eigenvalue weighted by Gasteiger charge is 2.06. The highest BCUT2D eigenvalue weighted by Crippen LogP contribution is 1.99. The van der Waals surface area contributed by atoms with E-state index in [4.69, 9.17) is 9.84 Å². The van der Waals surface area contributed by atoms with Crippen LogP contribution in [0.5, 0.6) is 0 Å². The van der Waals surface area contributed by atoms with Crippen LogP contribution in [0.15, 0.2) is 0 Å². The molecular weight excluding hydrogens is 220 g/mol. The number of hydrogen-bond donors (Lipinski definition) is 3. The monoisotopic (exact) mass is 246 g/mol. The Kier molecular flexibility index (Phi) is 9.03. The average Bonchev–Trinajstić information content (AvgIpc) is 2.25. The minimum absolute atomic E-state index is 0.176. The Bertz CT molecular complexity index is 202. The van der Waals surface area contributed by atoms with Gasteiger partial charge in [-0.3, -0.25) is 4.79 Å². The summed E-state index contributed by atoms with van der Waals surface area (Å²) >= 11 is 0. The molecule has 3 N–H and O–H groups in total. The summed E-state index contributed by atoms with van der Waals surface area (Å²) in [7, 11) is 0. The average molecular weight is 246 g/mol. The van der Waals surface area contributed by atoms with E-state index in [2.05, 4.69) is 31.4 Å².